The number of carbonyl (C=O) groups is 2. The summed E-state index contributed by atoms with van der Waals surface area (Å²) in [6, 6.07) is 12.0. The van der Waals surface area contributed by atoms with Crippen LogP contribution in [0.3, 0.4) is 0 Å². The summed E-state index contributed by atoms with van der Waals surface area (Å²) in [6.45, 7) is 0.956. The van der Waals surface area contributed by atoms with Crippen LogP contribution in [0.15, 0.2) is 54.4 Å². The van der Waals surface area contributed by atoms with Gasteiger partial charge in [0.05, 0.1) is 6.33 Å². The summed E-state index contributed by atoms with van der Waals surface area (Å²) in [5.41, 5.74) is 8.16. The number of carboxylic acids is 1. The first-order valence-electron chi connectivity index (χ1n) is 9.63. The molecule has 0 radical (unpaired) electrons. The summed E-state index contributed by atoms with van der Waals surface area (Å²) in [4.78, 5) is 23.3. The number of carboxylic acid groups (broad SMARTS) is 1. The Bertz CT molecular complexity index is 1020. The van der Waals surface area contributed by atoms with E-state index in [1.807, 2.05) is 18.2 Å². The fraction of sp³-hybridized carbons (Fsp3) is 0.273. The Labute approximate surface area is 186 Å². The molecule has 0 aliphatic carbocycles. The summed E-state index contributed by atoms with van der Waals surface area (Å²) in [5.74, 6) is -3.69. The highest BCUT2D eigenvalue weighted by atomic mass is 19.4. The van der Waals surface area contributed by atoms with E-state index < -0.39 is 18.0 Å². The second-order valence-electron chi connectivity index (χ2n) is 6.95. The molecular formula is C22H21F5N2O4. The molecule has 0 bridgehead atoms. The number of carbonyl (C=O) groups excluding carboxylic acids is 1. The van der Waals surface area contributed by atoms with Crippen LogP contribution in [-0.2, 0) is 17.8 Å². The molecule has 0 atom stereocenters. The zero-order valence-electron chi connectivity index (χ0n) is 17.2. The van der Waals surface area contributed by atoms with E-state index in [0.717, 1.165) is 18.1 Å². The molecule has 0 aromatic heterocycles. The molecule has 1 aliphatic rings. The van der Waals surface area contributed by atoms with Gasteiger partial charge in [0.15, 0.2) is 11.6 Å². The van der Waals surface area contributed by atoms with Crippen LogP contribution in [0, 0.1) is 5.82 Å². The maximum Gasteiger partial charge on any atom is 0.490 e. The van der Waals surface area contributed by atoms with Gasteiger partial charge in [-0.3, -0.25) is 4.79 Å². The number of fused-ring (bicyclic) bond motifs is 1. The van der Waals surface area contributed by atoms with Gasteiger partial charge in [-0.15, -0.1) is 0 Å². The van der Waals surface area contributed by atoms with Gasteiger partial charge in [0.1, 0.15) is 6.61 Å². The van der Waals surface area contributed by atoms with Gasteiger partial charge < -0.3 is 20.5 Å². The van der Waals surface area contributed by atoms with Gasteiger partial charge >= 0.3 is 12.1 Å². The van der Waals surface area contributed by atoms with Crippen molar-refractivity contribution in [2.24, 2.45) is 5.73 Å². The molecule has 6 nitrogen and oxygen atoms in total. The van der Waals surface area contributed by atoms with Crippen LogP contribution in [0.4, 0.5) is 22.0 Å². The second-order valence-corrected chi connectivity index (χ2v) is 6.95. The van der Waals surface area contributed by atoms with Crippen LogP contribution in [0.2, 0.25) is 0 Å². The highest BCUT2D eigenvalue weighted by Crippen LogP contribution is 2.23. The molecule has 3 rings (SSSR count). The molecule has 0 spiro atoms. The number of nitrogens with zero attached hydrogens (tertiary/aromatic N) is 1. The minimum atomic E-state index is -5.08. The van der Waals surface area contributed by atoms with Gasteiger partial charge in [-0.1, -0.05) is 24.3 Å². The monoisotopic (exact) mass is 472 g/mol. The Kier molecular flexibility index (Phi) is 8.92. The SMILES string of the molecule is NC/C(=C\F)COc1ccc(C(=O)N2CCc3ccccc3C2)cc1F.O=C(O)C(F)(F)F. The molecule has 0 fully saturated rings. The number of aliphatic carboxylic acids is 1. The van der Waals surface area contributed by atoms with E-state index in [4.69, 9.17) is 20.4 Å². The Hall–Kier alpha value is -3.47. The number of rotatable bonds is 5. The number of benzene rings is 2. The number of halogens is 5. The quantitative estimate of drug-likeness (QED) is 0.645. The van der Waals surface area contributed by atoms with Crippen molar-refractivity contribution in [3.05, 3.63) is 76.9 Å². The minimum Gasteiger partial charge on any atom is -0.486 e. The van der Waals surface area contributed by atoms with E-state index in [-0.39, 0.29) is 35.9 Å². The third kappa shape index (κ3) is 7.28. The molecule has 2 aromatic rings. The summed E-state index contributed by atoms with van der Waals surface area (Å²) in [7, 11) is 0. The molecule has 1 amide bonds. The van der Waals surface area contributed by atoms with Crippen molar-refractivity contribution in [3.8, 4) is 5.75 Å². The van der Waals surface area contributed by atoms with Crippen molar-refractivity contribution in [2.75, 3.05) is 19.7 Å². The first kappa shape index (κ1) is 25.8. The summed E-state index contributed by atoms with van der Waals surface area (Å²) in [5, 5.41) is 7.12. The zero-order valence-corrected chi connectivity index (χ0v) is 17.2. The fourth-order valence-electron chi connectivity index (χ4n) is 2.91. The van der Waals surface area contributed by atoms with E-state index in [0.29, 0.717) is 19.4 Å². The number of hydrogen-bond acceptors (Lipinski definition) is 4. The lowest BCUT2D eigenvalue weighted by atomic mass is 9.99. The average molecular weight is 472 g/mol. The standard InChI is InChI=1S/C20H20F2N2O2.C2HF3O2/c21-10-14(11-23)13-26-19-6-5-16(9-18(19)22)20(25)24-8-7-15-3-1-2-4-17(15)12-24;3-2(4,5)1(6)7/h1-6,9-10H,7-8,11-13,23H2;(H,6,7)/b14-10+;. The third-order valence-electron chi connectivity index (χ3n) is 4.67. The summed E-state index contributed by atoms with van der Waals surface area (Å²) >= 11 is 0. The van der Waals surface area contributed by atoms with Gasteiger partial charge in [0.25, 0.3) is 5.91 Å². The second kappa shape index (κ2) is 11.4. The lowest BCUT2D eigenvalue weighted by Gasteiger charge is -2.29. The number of alkyl halides is 3. The first-order chi connectivity index (χ1) is 15.6. The highest BCUT2D eigenvalue weighted by Gasteiger charge is 2.38. The lowest BCUT2D eigenvalue weighted by Crippen LogP contribution is -2.35. The van der Waals surface area contributed by atoms with Crippen molar-refractivity contribution in [1.82, 2.24) is 4.90 Å². The number of hydrogen-bond donors (Lipinski definition) is 2. The van der Waals surface area contributed by atoms with E-state index in [9.17, 15) is 26.7 Å². The summed E-state index contributed by atoms with van der Waals surface area (Å²) in [6.07, 6.45) is -3.95. The number of ether oxygens (including phenoxy) is 1. The van der Waals surface area contributed by atoms with Gasteiger partial charge in [0.2, 0.25) is 0 Å². The molecule has 0 unspecified atom stereocenters. The maximum absolute atomic E-state index is 14.2. The van der Waals surface area contributed by atoms with Crippen molar-refractivity contribution in [1.29, 1.82) is 0 Å². The van der Waals surface area contributed by atoms with Crippen molar-refractivity contribution >= 4 is 11.9 Å². The van der Waals surface area contributed by atoms with Crippen LogP contribution in [0.5, 0.6) is 5.75 Å². The molecule has 33 heavy (non-hydrogen) atoms. The topological polar surface area (TPSA) is 92.9 Å². The van der Waals surface area contributed by atoms with Crippen molar-refractivity contribution < 1.29 is 41.4 Å². The highest BCUT2D eigenvalue weighted by molar-refractivity contribution is 5.94. The molecule has 178 valence electrons. The first-order valence-corrected chi connectivity index (χ1v) is 9.63. The van der Waals surface area contributed by atoms with Crippen molar-refractivity contribution in [2.45, 2.75) is 19.1 Å². The zero-order chi connectivity index (χ0) is 24.6. The van der Waals surface area contributed by atoms with Gasteiger partial charge in [0, 0.05) is 30.8 Å². The predicted molar refractivity (Wildman–Crippen MR) is 109 cm³/mol. The number of amides is 1. The lowest BCUT2D eigenvalue weighted by molar-refractivity contribution is -0.192. The predicted octanol–water partition coefficient (Wildman–Crippen LogP) is 3.85. The fourth-order valence-corrected chi connectivity index (χ4v) is 2.91. The van der Waals surface area contributed by atoms with Crippen LogP contribution in [0.25, 0.3) is 0 Å². The van der Waals surface area contributed by atoms with Gasteiger partial charge in [-0.05, 0) is 35.7 Å². The molecule has 11 heteroatoms. The molecule has 3 N–H and O–H groups in total. The molecule has 2 aromatic carbocycles. The minimum absolute atomic E-state index is 0.00881. The largest absolute Gasteiger partial charge is 0.490 e. The van der Waals surface area contributed by atoms with E-state index in [1.54, 1.807) is 4.90 Å². The van der Waals surface area contributed by atoms with Crippen LogP contribution < -0.4 is 10.5 Å². The Morgan fingerprint density at radius 2 is 1.79 bits per heavy atom. The normalized spacial score (nSPS) is 13.5. The summed E-state index contributed by atoms with van der Waals surface area (Å²) < 4.78 is 63.7. The van der Waals surface area contributed by atoms with Crippen LogP contribution in [0.1, 0.15) is 21.5 Å². The Morgan fingerprint density at radius 3 is 2.33 bits per heavy atom. The van der Waals surface area contributed by atoms with E-state index in [1.165, 1.54) is 17.7 Å². The van der Waals surface area contributed by atoms with Crippen LogP contribution >= 0.6 is 0 Å². The molecular weight excluding hydrogens is 451 g/mol. The third-order valence-corrected chi connectivity index (χ3v) is 4.67. The van der Waals surface area contributed by atoms with Gasteiger partial charge in [-0.2, -0.15) is 13.2 Å². The molecule has 0 saturated heterocycles. The Morgan fingerprint density at radius 1 is 1.15 bits per heavy atom. The van der Waals surface area contributed by atoms with E-state index >= 15 is 0 Å². The maximum atomic E-state index is 14.2. The number of nitrogens with two attached hydrogens (primary N) is 1. The Balaban J connectivity index is 0.000000479. The molecule has 1 heterocycles. The smallest absolute Gasteiger partial charge is 0.486 e. The van der Waals surface area contributed by atoms with Crippen molar-refractivity contribution in [3.63, 3.8) is 0 Å². The molecule has 0 saturated carbocycles. The van der Waals surface area contributed by atoms with E-state index in [2.05, 4.69) is 6.07 Å². The molecule has 1 aliphatic heterocycles. The van der Waals surface area contributed by atoms with Crippen LogP contribution in [-0.4, -0.2) is 47.8 Å². The van der Waals surface area contributed by atoms with Gasteiger partial charge in [-0.25, -0.2) is 13.6 Å². The average Bonchev–Trinajstić information content (AvgIpc) is 2.79.